The van der Waals surface area contributed by atoms with Gasteiger partial charge in [0.2, 0.25) is 5.78 Å². The second-order valence-electron chi connectivity index (χ2n) is 2.81. The summed E-state index contributed by atoms with van der Waals surface area (Å²) >= 11 is 0. The second kappa shape index (κ2) is 8.44. The zero-order valence-electron chi connectivity index (χ0n) is 10.3. The van der Waals surface area contributed by atoms with Crippen molar-refractivity contribution in [2.75, 3.05) is 0 Å². The Balaban J connectivity index is -0.000000202. The first-order chi connectivity index (χ1) is 5.63. The first kappa shape index (κ1) is 15.3. The Morgan fingerprint density at radius 2 is 2.00 bits per heavy atom. The van der Waals surface area contributed by atoms with E-state index in [-0.39, 0.29) is 31.7 Å². The van der Waals surface area contributed by atoms with Gasteiger partial charge >= 0.3 is 23.1 Å². The van der Waals surface area contributed by atoms with Crippen molar-refractivity contribution in [1.82, 2.24) is 0 Å². The van der Waals surface area contributed by atoms with Gasteiger partial charge in [-0.3, -0.25) is 14.9 Å². The molecule has 0 rings (SSSR count). The molecule has 0 saturated carbocycles. The second-order valence-corrected chi connectivity index (χ2v) is 2.81. The Morgan fingerprint density at radius 1 is 1.46 bits per heavy atom. The molecule has 0 aliphatic rings. The van der Waals surface area contributed by atoms with E-state index in [0.29, 0.717) is 25.7 Å². The van der Waals surface area contributed by atoms with Gasteiger partial charge in [-0.25, -0.2) is 0 Å². The fourth-order valence-corrected chi connectivity index (χ4v) is 1.07. The molecule has 0 heterocycles. The van der Waals surface area contributed by atoms with Gasteiger partial charge in [-0.1, -0.05) is 13.8 Å². The van der Waals surface area contributed by atoms with Gasteiger partial charge in [0, 0.05) is 17.8 Å². The summed E-state index contributed by atoms with van der Waals surface area (Å²) in [5.41, 5.74) is 0. The Labute approximate surface area is 97.3 Å². The maximum Gasteiger partial charge on any atom is 2.00 e. The monoisotopic (exact) mass is 199 g/mol. The van der Waals surface area contributed by atoms with E-state index in [2.05, 4.69) is 0 Å². The van der Waals surface area contributed by atoms with Gasteiger partial charge in [-0.2, -0.15) is 0 Å². The van der Waals surface area contributed by atoms with Crippen LogP contribution in [0.15, 0.2) is 0 Å². The minimum absolute atomic E-state index is 0. The molecule has 0 saturated heterocycles. The maximum atomic E-state index is 11.1. The van der Waals surface area contributed by atoms with E-state index >= 15 is 0 Å². The number of nitrogens with zero attached hydrogens (tertiary/aromatic N) is 1. The van der Waals surface area contributed by atoms with Crippen molar-refractivity contribution in [3.8, 4) is 0 Å². The standard InChI is InChI=1S/C8H15NO3.Mg.2H/c1-3-5-7(9(11)12)8(10)6-4-2;;;/h7H,3-6H2,1-2H3;;;/q;+2;2*-1. The summed E-state index contributed by atoms with van der Waals surface area (Å²) in [4.78, 5) is 21.1. The average Bonchev–Trinajstić information content (AvgIpc) is 1.99. The Kier molecular flexibility index (Phi) is 9.94. The van der Waals surface area contributed by atoms with Crippen molar-refractivity contribution in [1.29, 1.82) is 0 Å². The number of carbonyl (C=O) groups excluding carboxylic acids is 1. The summed E-state index contributed by atoms with van der Waals surface area (Å²) in [7, 11) is 0. The van der Waals surface area contributed by atoms with Crippen LogP contribution in [0, 0.1) is 10.1 Å². The molecule has 0 aromatic rings. The Hall–Kier alpha value is -0.164. The summed E-state index contributed by atoms with van der Waals surface area (Å²) in [6.07, 6.45) is 2.06. The van der Waals surface area contributed by atoms with Crippen molar-refractivity contribution in [3.05, 3.63) is 10.1 Å². The van der Waals surface area contributed by atoms with Crippen LogP contribution in [-0.4, -0.2) is 39.8 Å². The largest absolute Gasteiger partial charge is 2.00 e. The van der Waals surface area contributed by atoms with Crippen LogP contribution in [0.3, 0.4) is 0 Å². The number of ketones is 1. The van der Waals surface area contributed by atoms with Crippen molar-refractivity contribution < 1.29 is 12.6 Å². The predicted octanol–water partition coefficient (Wildman–Crippen LogP) is 1.65. The van der Waals surface area contributed by atoms with Crippen LogP contribution in [0.4, 0.5) is 0 Å². The van der Waals surface area contributed by atoms with Gasteiger partial charge in [0.15, 0.2) is 0 Å². The minimum atomic E-state index is -0.963. The number of hydrogen-bond acceptors (Lipinski definition) is 3. The van der Waals surface area contributed by atoms with E-state index in [1.54, 1.807) is 0 Å². The van der Waals surface area contributed by atoms with Gasteiger partial charge in [-0.05, 0) is 12.8 Å². The topological polar surface area (TPSA) is 60.2 Å². The van der Waals surface area contributed by atoms with E-state index in [0.717, 1.165) is 0 Å². The van der Waals surface area contributed by atoms with Gasteiger partial charge in [-0.15, -0.1) is 0 Å². The van der Waals surface area contributed by atoms with E-state index in [1.807, 2.05) is 13.8 Å². The predicted molar refractivity (Wildman–Crippen MR) is 53.6 cm³/mol. The smallest absolute Gasteiger partial charge is 1.00 e. The van der Waals surface area contributed by atoms with Crippen LogP contribution in [0.2, 0.25) is 0 Å². The quantitative estimate of drug-likeness (QED) is 0.371. The van der Waals surface area contributed by atoms with Crippen molar-refractivity contribution in [3.63, 3.8) is 0 Å². The van der Waals surface area contributed by atoms with Crippen LogP contribution in [0.1, 0.15) is 42.4 Å². The number of Topliss-reactive ketones (excluding diaryl/α,β-unsaturated/α-hetero) is 1. The molecular weight excluding hydrogens is 182 g/mol. The molecule has 0 fully saturated rings. The third-order valence-electron chi connectivity index (χ3n) is 1.68. The third kappa shape index (κ3) is 5.98. The average molecular weight is 200 g/mol. The van der Waals surface area contributed by atoms with Crippen LogP contribution in [-0.2, 0) is 4.79 Å². The number of nitro groups is 1. The van der Waals surface area contributed by atoms with E-state index in [1.165, 1.54) is 0 Å². The Morgan fingerprint density at radius 3 is 2.31 bits per heavy atom. The number of carbonyl (C=O) groups is 1. The molecule has 13 heavy (non-hydrogen) atoms. The van der Waals surface area contributed by atoms with Crippen molar-refractivity contribution in [2.45, 2.75) is 45.6 Å². The molecule has 0 amide bonds. The fraction of sp³-hybridized carbons (Fsp3) is 0.875. The summed E-state index contributed by atoms with van der Waals surface area (Å²) in [6.45, 7) is 3.69. The van der Waals surface area contributed by atoms with Gasteiger partial charge in [0.25, 0.3) is 6.04 Å². The molecule has 0 aliphatic carbocycles. The van der Waals surface area contributed by atoms with E-state index in [4.69, 9.17) is 0 Å². The van der Waals surface area contributed by atoms with Gasteiger partial charge < -0.3 is 2.85 Å². The summed E-state index contributed by atoms with van der Waals surface area (Å²) in [5.74, 6) is -0.232. The molecule has 0 aromatic heterocycles. The summed E-state index contributed by atoms with van der Waals surface area (Å²) < 4.78 is 0. The van der Waals surface area contributed by atoms with Crippen LogP contribution in [0.25, 0.3) is 0 Å². The summed E-state index contributed by atoms with van der Waals surface area (Å²) in [5, 5.41) is 10.4. The van der Waals surface area contributed by atoms with Crippen molar-refractivity contribution >= 4 is 28.8 Å². The zero-order valence-corrected chi connectivity index (χ0v) is 9.70. The van der Waals surface area contributed by atoms with Crippen LogP contribution in [0.5, 0.6) is 0 Å². The number of rotatable bonds is 6. The molecular formula is C8H17MgNO3. The molecule has 5 heteroatoms. The molecule has 1 atom stereocenters. The summed E-state index contributed by atoms with van der Waals surface area (Å²) in [6, 6.07) is -0.963. The van der Waals surface area contributed by atoms with E-state index in [9.17, 15) is 14.9 Å². The van der Waals surface area contributed by atoms with Crippen LogP contribution < -0.4 is 0 Å². The fourth-order valence-electron chi connectivity index (χ4n) is 1.07. The molecule has 1 unspecified atom stereocenters. The third-order valence-corrected chi connectivity index (χ3v) is 1.68. The molecule has 0 aliphatic heterocycles. The maximum absolute atomic E-state index is 11.1. The van der Waals surface area contributed by atoms with Crippen LogP contribution >= 0.6 is 0 Å². The zero-order chi connectivity index (χ0) is 9.56. The molecule has 4 nitrogen and oxygen atoms in total. The Bertz CT molecular complexity index is 181. The first-order valence-electron chi connectivity index (χ1n) is 4.29. The number of hydrogen-bond donors (Lipinski definition) is 0. The van der Waals surface area contributed by atoms with Gasteiger partial charge in [0.1, 0.15) is 0 Å². The minimum Gasteiger partial charge on any atom is -1.00 e. The molecule has 74 valence electrons. The van der Waals surface area contributed by atoms with Gasteiger partial charge in [0.05, 0.1) is 0 Å². The molecule has 0 aromatic carbocycles. The van der Waals surface area contributed by atoms with E-state index < -0.39 is 11.0 Å². The normalized spacial score (nSPS) is 11.5. The molecule has 0 bridgehead atoms. The molecule has 0 N–H and O–H groups in total. The first-order valence-corrected chi connectivity index (χ1v) is 4.29. The van der Waals surface area contributed by atoms with Crippen molar-refractivity contribution in [2.24, 2.45) is 0 Å². The molecule has 0 spiro atoms. The SMILES string of the molecule is CCCC(=O)C(CCC)[N+](=O)[O-].[H-].[H-].[Mg+2]. The molecule has 0 radical (unpaired) electrons.